The summed E-state index contributed by atoms with van der Waals surface area (Å²) < 4.78 is 13.7. The van der Waals surface area contributed by atoms with Crippen LogP contribution < -0.4 is 15.0 Å². The Kier molecular flexibility index (Phi) is 7.43. The molecule has 0 bridgehead atoms. The maximum absolute atomic E-state index is 6.47. The minimum Gasteiger partial charge on any atom is -0.491 e. The van der Waals surface area contributed by atoms with E-state index in [1.165, 1.54) is 16.3 Å². The van der Waals surface area contributed by atoms with Crippen LogP contribution in [0, 0.1) is 0 Å². The first-order valence-electron chi connectivity index (χ1n) is 13.4. The summed E-state index contributed by atoms with van der Waals surface area (Å²) >= 11 is 0. The Morgan fingerprint density at radius 2 is 1.89 bits per heavy atom. The van der Waals surface area contributed by atoms with Gasteiger partial charge in [0.25, 0.3) is 5.78 Å². The Labute approximate surface area is 217 Å². The number of fused-ring (bicyclic) bond motifs is 2. The van der Waals surface area contributed by atoms with Crippen LogP contribution in [-0.4, -0.2) is 83.1 Å². The fourth-order valence-corrected chi connectivity index (χ4v) is 5.53. The predicted octanol–water partition coefficient (Wildman–Crippen LogP) is 3.14. The first-order valence-corrected chi connectivity index (χ1v) is 13.4. The van der Waals surface area contributed by atoms with Crippen molar-refractivity contribution >= 4 is 22.4 Å². The molecule has 1 N–H and O–H groups in total. The van der Waals surface area contributed by atoms with E-state index in [2.05, 4.69) is 66.6 Å². The molecule has 0 amide bonds. The lowest BCUT2D eigenvalue weighted by atomic mass is 10.0. The largest absolute Gasteiger partial charge is 0.491 e. The Balaban J connectivity index is 1.09. The zero-order valence-corrected chi connectivity index (χ0v) is 21.3. The molecule has 2 fully saturated rings. The van der Waals surface area contributed by atoms with Gasteiger partial charge in [0.2, 0.25) is 0 Å². The molecule has 0 aliphatic carbocycles. The number of nitrogens with zero attached hydrogens (tertiary/aromatic N) is 6. The van der Waals surface area contributed by atoms with E-state index in [0.717, 1.165) is 83.3 Å². The molecule has 0 spiro atoms. The average Bonchev–Trinajstić information content (AvgIpc) is 3.62. The minimum atomic E-state index is 0.279. The first kappa shape index (κ1) is 24.1. The van der Waals surface area contributed by atoms with Gasteiger partial charge in [-0.3, -0.25) is 4.90 Å². The van der Waals surface area contributed by atoms with E-state index in [9.17, 15) is 0 Å². The van der Waals surface area contributed by atoms with Crippen LogP contribution in [0.5, 0.6) is 5.75 Å². The summed E-state index contributed by atoms with van der Waals surface area (Å²) in [5.74, 6) is 2.59. The highest BCUT2D eigenvalue weighted by molar-refractivity contribution is 5.91. The monoisotopic (exact) mass is 501 g/mol. The number of anilines is 1. The van der Waals surface area contributed by atoms with Gasteiger partial charge in [-0.2, -0.15) is 14.6 Å². The van der Waals surface area contributed by atoms with Crippen LogP contribution in [0.25, 0.3) is 16.6 Å². The average molecular weight is 502 g/mol. The second-order valence-electron chi connectivity index (χ2n) is 9.83. The standard InChI is InChI=1S/C28H35N7O2/c1-2-7-25-24(6-1)22(19-29-11-4-13-33-15-17-36-18-16-33)8-9-26(25)37-20-23-5-3-14-34(23)27-10-12-30-28-31-21-32-35(27)28/h1-2,6-10,12,21,23,29H,3-5,11,13-20H2. The number of morpholine rings is 1. The Hall–Kier alpha value is -3.27. The van der Waals surface area contributed by atoms with Crippen molar-refractivity contribution in [2.75, 3.05) is 57.4 Å². The van der Waals surface area contributed by atoms with Gasteiger partial charge in [-0.1, -0.05) is 30.3 Å². The maximum Gasteiger partial charge on any atom is 0.254 e. The van der Waals surface area contributed by atoms with E-state index >= 15 is 0 Å². The zero-order chi connectivity index (χ0) is 24.9. The highest BCUT2D eigenvalue weighted by Gasteiger charge is 2.27. The highest BCUT2D eigenvalue weighted by Crippen LogP contribution is 2.31. The summed E-state index contributed by atoms with van der Waals surface area (Å²) in [6.07, 6.45) is 6.72. The summed E-state index contributed by atoms with van der Waals surface area (Å²) in [6.45, 7) is 8.43. The molecule has 6 rings (SSSR count). The second-order valence-corrected chi connectivity index (χ2v) is 9.83. The van der Waals surface area contributed by atoms with Crippen LogP contribution in [0.2, 0.25) is 0 Å². The molecular weight excluding hydrogens is 466 g/mol. The van der Waals surface area contributed by atoms with Gasteiger partial charge in [0.1, 0.15) is 24.5 Å². The highest BCUT2D eigenvalue weighted by atomic mass is 16.5. The number of aromatic nitrogens is 4. The summed E-state index contributed by atoms with van der Waals surface area (Å²) in [5.41, 5.74) is 1.31. The van der Waals surface area contributed by atoms with Crippen LogP contribution in [0.15, 0.2) is 55.0 Å². The van der Waals surface area contributed by atoms with Crippen molar-refractivity contribution in [3.63, 3.8) is 0 Å². The second kappa shape index (κ2) is 11.4. The van der Waals surface area contributed by atoms with E-state index < -0.39 is 0 Å². The molecule has 9 heteroatoms. The SMILES string of the molecule is c1ccc2c(OCC3CCCN3c3ccnc4ncnn34)ccc(CNCCCN3CCOCC3)c2c1. The van der Waals surface area contributed by atoms with Gasteiger partial charge < -0.3 is 19.7 Å². The summed E-state index contributed by atoms with van der Waals surface area (Å²) in [4.78, 5) is 13.4. The van der Waals surface area contributed by atoms with Crippen molar-refractivity contribution in [1.29, 1.82) is 0 Å². The molecule has 1 unspecified atom stereocenters. The van der Waals surface area contributed by atoms with Gasteiger partial charge in [0.05, 0.1) is 19.3 Å². The molecule has 2 aromatic heterocycles. The van der Waals surface area contributed by atoms with Crippen LogP contribution in [0.1, 0.15) is 24.8 Å². The van der Waals surface area contributed by atoms with Gasteiger partial charge in [-0.15, -0.1) is 0 Å². The molecule has 2 saturated heterocycles. The number of hydrogen-bond acceptors (Lipinski definition) is 8. The van der Waals surface area contributed by atoms with E-state index in [4.69, 9.17) is 9.47 Å². The molecule has 0 saturated carbocycles. The summed E-state index contributed by atoms with van der Waals surface area (Å²) in [6, 6.07) is 15.2. The molecule has 2 aliphatic heterocycles. The van der Waals surface area contributed by atoms with Gasteiger partial charge in [-0.25, -0.2) is 4.98 Å². The van der Waals surface area contributed by atoms with Crippen LogP contribution in [0.4, 0.5) is 5.82 Å². The van der Waals surface area contributed by atoms with Crippen molar-refractivity contribution in [1.82, 2.24) is 29.8 Å². The van der Waals surface area contributed by atoms with E-state index in [1.54, 1.807) is 12.5 Å². The maximum atomic E-state index is 6.47. The van der Waals surface area contributed by atoms with Crippen molar-refractivity contribution in [3.8, 4) is 5.75 Å². The smallest absolute Gasteiger partial charge is 0.254 e. The molecule has 1 atom stereocenters. The van der Waals surface area contributed by atoms with Crippen molar-refractivity contribution in [3.05, 3.63) is 60.6 Å². The number of nitrogens with one attached hydrogen (secondary N) is 1. The van der Waals surface area contributed by atoms with Crippen LogP contribution in [-0.2, 0) is 11.3 Å². The lowest BCUT2D eigenvalue weighted by molar-refractivity contribution is 0.0374. The predicted molar refractivity (Wildman–Crippen MR) is 144 cm³/mol. The van der Waals surface area contributed by atoms with Gasteiger partial charge in [0, 0.05) is 37.8 Å². The fourth-order valence-electron chi connectivity index (χ4n) is 5.53. The number of benzene rings is 2. The van der Waals surface area contributed by atoms with Crippen LogP contribution in [0.3, 0.4) is 0 Å². The quantitative estimate of drug-likeness (QED) is 0.332. The normalized spacial score (nSPS) is 18.7. The molecule has 2 aliphatic rings. The van der Waals surface area contributed by atoms with Gasteiger partial charge in [-0.05, 0) is 55.4 Å². The zero-order valence-electron chi connectivity index (χ0n) is 21.3. The third kappa shape index (κ3) is 5.39. The molecule has 37 heavy (non-hydrogen) atoms. The lowest BCUT2D eigenvalue weighted by Gasteiger charge is -2.27. The third-order valence-electron chi connectivity index (χ3n) is 7.48. The third-order valence-corrected chi connectivity index (χ3v) is 7.48. The first-order chi connectivity index (χ1) is 18.4. The molecule has 4 aromatic rings. The molecule has 0 radical (unpaired) electrons. The van der Waals surface area contributed by atoms with Crippen molar-refractivity contribution < 1.29 is 9.47 Å². The lowest BCUT2D eigenvalue weighted by Crippen LogP contribution is -2.37. The number of ether oxygens (including phenoxy) is 2. The van der Waals surface area contributed by atoms with E-state index in [-0.39, 0.29) is 6.04 Å². The Bertz CT molecular complexity index is 1320. The van der Waals surface area contributed by atoms with E-state index in [1.807, 2.05) is 10.6 Å². The summed E-state index contributed by atoms with van der Waals surface area (Å²) in [7, 11) is 0. The van der Waals surface area contributed by atoms with Gasteiger partial charge in [0.15, 0.2) is 0 Å². The van der Waals surface area contributed by atoms with Gasteiger partial charge >= 0.3 is 0 Å². The molecular formula is C28H35N7O2. The van der Waals surface area contributed by atoms with Crippen molar-refractivity contribution in [2.24, 2.45) is 0 Å². The minimum absolute atomic E-state index is 0.279. The van der Waals surface area contributed by atoms with E-state index in [0.29, 0.717) is 12.4 Å². The molecule has 4 heterocycles. The topological polar surface area (TPSA) is 80.0 Å². The summed E-state index contributed by atoms with van der Waals surface area (Å²) in [5, 5.41) is 10.4. The fraction of sp³-hybridized carbons (Fsp3) is 0.464. The molecule has 9 nitrogen and oxygen atoms in total. The molecule has 194 valence electrons. The Morgan fingerprint density at radius 1 is 1.00 bits per heavy atom. The Morgan fingerprint density at radius 3 is 2.81 bits per heavy atom. The van der Waals surface area contributed by atoms with Crippen LogP contribution >= 0.6 is 0 Å². The number of rotatable bonds is 10. The number of hydrogen-bond donors (Lipinski definition) is 1. The molecule has 2 aromatic carbocycles. The van der Waals surface area contributed by atoms with Crippen molar-refractivity contribution in [2.45, 2.75) is 31.8 Å².